The summed E-state index contributed by atoms with van der Waals surface area (Å²) in [4.78, 5) is 22.2. The number of ketones is 2. The number of rotatable bonds is 5. The topological polar surface area (TPSA) is 104 Å². The first-order chi connectivity index (χ1) is 14.8. The van der Waals surface area contributed by atoms with E-state index in [9.17, 15) is 14.7 Å². The molecule has 3 aromatic carbocycles. The number of aromatic hydroxyl groups is 3. The molecule has 0 saturated carbocycles. The summed E-state index contributed by atoms with van der Waals surface area (Å²) >= 11 is 0. The second kappa shape index (κ2) is 12.7. The fourth-order valence-electron chi connectivity index (χ4n) is 2.62. The number of ether oxygens (including phenoxy) is 1. The van der Waals surface area contributed by atoms with Crippen molar-refractivity contribution >= 4 is 11.6 Å². The van der Waals surface area contributed by atoms with Crippen molar-refractivity contribution in [2.75, 3.05) is 0 Å². The molecular formula is C25H28O6. The van der Waals surface area contributed by atoms with Crippen LogP contribution in [0.15, 0.2) is 66.7 Å². The lowest BCUT2D eigenvalue weighted by Gasteiger charge is -2.10. The van der Waals surface area contributed by atoms with E-state index < -0.39 is 0 Å². The van der Waals surface area contributed by atoms with Crippen molar-refractivity contribution in [2.24, 2.45) is 0 Å². The van der Waals surface area contributed by atoms with Gasteiger partial charge in [-0.15, -0.1) is 0 Å². The van der Waals surface area contributed by atoms with Crippen molar-refractivity contribution in [2.45, 2.75) is 34.3 Å². The molecule has 0 fully saturated rings. The summed E-state index contributed by atoms with van der Waals surface area (Å²) in [6.07, 6.45) is 0. The molecule has 3 aromatic rings. The fraction of sp³-hybridized carbons (Fsp3) is 0.200. The van der Waals surface area contributed by atoms with E-state index in [-0.39, 0.29) is 39.9 Å². The van der Waals surface area contributed by atoms with Gasteiger partial charge >= 0.3 is 0 Å². The maximum Gasteiger partial charge on any atom is 0.167 e. The highest BCUT2D eigenvalue weighted by Crippen LogP contribution is 2.28. The van der Waals surface area contributed by atoms with Crippen molar-refractivity contribution in [1.82, 2.24) is 0 Å². The first kappa shape index (κ1) is 25.2. The summed E-state index contributed by atoms with van der Waals surface area (Å²) < 4.78 is 5.58. The highest BCUT2D eigenvalue weighted by Gasteiger charge is 2.13. The third kappa shape index (κ3) is 7.51. The molecule has 0 atom stereocenters. The fourth-order valence-corrected chi connectivity index (χ4v) is 2.62. The lowest BCUT2D eigenvalue weighted by atomic mass is 10.1. The third-order valence-electron chi connectivity index (χ3n) is 3.97. The van der Waals surface area contributed by atoms with E-state index in [4.69, 9.17) is 14.9 Å². The minimum Gasteiger partial charge on any atom is -0.507 e. The molecule has 0 saturated heterocycles. The van der Waals surface area contributed by atoms with E-state index in [0.717, 1.165) is 5.56 Å². The molecule has 0 aliphatic rings. The Balaban J connectivity index is 0.000000317. The molecule has 0 aliphatic heterocycles. The lowest BCUT2D eigenvalue weighted by molar-refractivity contribution is 0.0998. The van der Waals surface area contributed by atoms with Gasteiger partial charge in [0.2, 0.25) is 0 Å². The Labute approximate surface area is 182 Å². The summed E-state index contributed by atoms with van der Waals surface area (Å²) in [6, 6.07) is 18.7. The zero-order valence-corrected chi connectivity index (χ0v) is 18.1. The number of hydrogen-bond donors (Lipinski definition) is 3. The van der Waals surface area contributed by atoms with Gasteiger partial charge in [0, 0.05) is 0 Å². The number of hydrogen-bond acceptors (Lipinski definition) is 6. The molecule has 0 aromatic heterocycles. The number of carbonyl (C=O) groups excluding carboxylic acids is 2. The van der Waals surface area contributed by atoms with Crippen LogP contribution >= 0.6 is 0 Å². The normalized spacial score (nSPS) is 9.42. The Kier molecular flexibility index (Phi) is 10.3. The summed E-state index contributed by atoms with van der Waals surface area (Å²) in [7, 11) is 0. The van der Waals surface area contributed by atoms with Crippen molar-refractivity contribution in [3.63, 3.8) is 0 Å². The summed E-state index contributed by atoms with van der Waals surface area (Å²) in [5.74, 6) is -0.564. The number of benzene rings is 3. The zero-order valence-electron chi connectivity index (χ0n) is 18.1. The molecule has 164 valence electrons. The first-order valence-corrected chi connectivity index (χ1v) is 9.82. The molecule has 0 unspecified atom stereocenters. The molecule has 0 amide bonds. The van der Waals surface area contributed by atoms with Gasteiger partial charge in [-0.2, -0.15) is 0 Å². The zero-order chi connectivity index (χ0) is 23.4. The van der Waals surface area contributed by atoms with Crippen molar-refractivity contribution < 1.29 is 29.6 Å². The average molecular weight is 424 g/mol. The third-order valence-corrected chi connectivity index (χ3v) is 3.97. The van der Waals surface area contributed by atoms with Gasteiger partial charge in [-0.1, -0.05) is 56.3 Å². The molecular weight excluding hydrogens is 396 g/mol. The summed E-state index contributed by atoms with van der Waals surface area (Å²) in [6.45, 7) is 7.06. The largest absolute Gasteiger partial charge is 0.507 e. The van der Waals surface area contributed by atoms with Crippen LogP contribution in [0.3, 0.4) is 0 Å². The van der Waals surface area contributed by atoms with E-state index in [2.05, 4.69) is 0 Å². The summed E-state index contributed by atoms with van der Waals surface area (Å²) in [5.41, 5.74) is 1.22. The minimum absolute atomic E-state index is 0.0208. The van der Waals surface area contributed by atoms with Gasteiger partial charge in [0.1, 0.15) is 40.7 Å². The smallest absolute Gasteiger partial charge is 0.167 e. The van der Waals surface area contributed by atoms with E-state index in [1.165, 1.54) is 38.1 Å². The SMILES string of the molecule is CC.CC(=O)c1c(O)cccc1O.CC(=O)c1c(O)cccc1OCc1ccccc1. The molecule has 6 heteroatoms. The van der Waals surface area contributed by atoms with Crippen LogP contribution in [0, 0.1) is 0 Å². The standard InChI is InChI=1S/C15H14O3.C8H8O3.C2H6/c1-11(16)15-13(17)8-5-9-14(15)18-10-12-6-3-2-4-7-12;1-5(9)8-6(10)3-2-4-7(8)11;1-2/h2-9,17H,10H2,1H3;2-4,10-11H,1H3;1-2H3. The van der Waals surface area contributed by atoms with E-state index in [1.54, 1.807) is 12.1 Å². The molecule has 0 heterocycles. The van der Waals surface area contributed by atoms with Gasteiger partial charge in [-0.05, 0) is 43.7 Å². The second-order valence-corrected chi connectivity index (χ2v) is 6.21. The molecule has 0 radical (unpaired) electrons. The molecule has 6 nitrogen and oxygen atoms in total. The van der Waals surface area contributed by atoms with Crippen LogP contribution in [0.4, 0.5) is 0 Å². The van der Waals surface area contributed by atoms with Gasteiger partial charge in [-0.3, -0.25) is 9.59 Å². The second-order valence-electron chi connectivity index (χ2n) is 6.21. The Bertz CT molecular complexity index is 976. The van der Waals surface area contributed by atoms with Crippen LogP contribution < -0.4 is 4.74 Å². The van der Waals surface area contributed by atoms with Crippen molar-refractivity contribution in [3.05, 3.63) is 83.4 Å². The molecule has 31 heavy (non-hydrogen) atoms. The maximum atomic E-state index is 11.5. The van der Waals surface area contributed by atoms with Crippen molar-refractivity contribution in [1.29, 1.82) is 0 Å². The highest BCUT2D eigenvalue weighted by atomic mass is 16.5. The van der Waals surface area contributed by atoms with Gasteiger partial charge in [-0.25, -0.2) is 0 Å². The minimum atomic E-state index is -0.347. The van der Waals surface area contributed by atoms with Gasteiger partial charge in [0.05, 0.1) is 0 Å². The lowest BCUT2D eigenvalue weighted by Crippen LogP contribution is -2.01. The predicted octanol–water partition coefficient (Wildman–Crippen LogP) is 5.50. The van der Waals surface area contributed by atoms with E-state index in [1.807, 2.05) is 44.2 Å². The molecule has 0 spiro atoms. The quantitative estimate of drug-likeness (QED) is 0.467. The van der Waals surface area contributed by atoms with E-state index >= 15 is 0 Å². The number of Topliss-reactive ketones (excluding diaryl/α,β-unsaturated/α-hetero) is 2. The number of phenols is 3. The maximum absolute atomic E-state index is 11.5. The Morgan fingerprint density at radius 1 is 0.677 bits per heavy atom. The first-order valence-electron chi connectivity index (χ1n) is 9.82. The number of phenolic OH excluding ortho intramolecular Hbond substituents is 3. The monoisotopic (exact) mass is 424 g/mol. The van der Waals surface area contributed by atoms with Crippen LogP contribution in [-0.4, -0.2) is 26.9 Å². The predicted molar refractivity (Wildman–Crippen MR) is 120 cm³/mol. The van der Waals surface area contributed by atoms with Crippen LogP contribution in [0.5, 0.6) is 23.0 Å². The number of carbonyl (C=O) groups is 2. The Morgan fingerprint density at radius 3 is 1.58 bits per heavy atom. The molecule has 0 bridgehead atoms. The molecule has 3 rings (SSSR count). The summed E-state index contributed by atoms with van der Waals surface area (Å²) in [5, 5.41) is 27.8. The van der Waals surface area contributed by atoms with Crippen molar-refractivity contribution in [3.8, 4) is 23.0 Å². The van der Waals surface area contributed by atoms with Gasteiger partial charge < -0.3 is 20.1 Å². The van der Waals surface area contributed by atoms with Crippen LogP contribution in [0.1, 0.15) is 54.0 Å². The van der Waals surface area contributed by atoms with E-state index in [0.29, 0.717) is 12.4 Å². The molecule has 3 N–H and O–H groups in total. The van der Waals surface area contributed by atoms with Crippen LogP contribution in [0.2, 0.25) is 0 Å². The highest BCUT2D eigenvalue weighted by molar-refractivity contribution is 5.99. The Hall–Kier alpha value is -3.80. The van der Waals surface area contributed by atoms with Gasteiger partial charge in [0.25, 0.3) is 0 Å². The van der Waals surface area contributed by atoms with Gasteiger partial charge in [0.15, 0.2) is 11.6 Å². The van der Waals surface area contributed by atoms with Crippen LogP contribution in [0.25, 0.3) is 0 Å². The average Bonchev–Trinajstić information content (AvgIpc) is 2.74. The molecule has 0 aliphatic carbocycles. The Morgan fingerprint density at radius 2 is 1.13 bits per heavy atom. The van der Waals surface area contributed by atoms with Crippen LogP contribution in [-0.2, 0) is 6.61 Å².